The number of hydrogen-bond acceptors (Lipinski definition) is 5. The van der Waals surface area contributed by atoms with Gasteiger partial charge in [-0.1, -0.05) is 37.3 Å². The van der Waals surface area contributed by atoms with Crippen molar-refractivity contribution in [1.82, 2.24) is 9.97 Å². The van der Waals surface area contributed by atoms with E-state index in [-0.39, 0.29) is 17.2 Å². The first-order valence-corrected chi connectivity index (χ1v) is 10.2. The van der Waals surface area contributed by atoms with E-state index in [9.17, 15) is 4.39 Å². The molecule has 2 N–H and O–H groups in total. The molecule has 0 radical (unpaired) electrons. The molecule has 156 valence electrons. The van der Waals surface area contributed by atoms with Crippen LogP contribution in [0, 0.1) is 5.82 Å². The number of ether oxygens (including phenoxy) is 2. The lowest BCUT2D eigenvalue weighted by atomic mass is 9.70. The quantitative estimate of drug-likeness (QED) is 0.633. The molecule has 0 atom stereocenters. The van der Waals surface area contributed by atoms with E-state index in [4.69, 9.17) is 15.2 Å². The van der Waals surface area contributed by atoms with Gasteiger partial charge >= 0.3 is 0 Å². The number of benzene rings is 1. The van der Waals surface area contributed by atoms with Gasteiger partial charge in [0.05, 0.1) is 12.8 Å². The Hall–Kier alpha value is -3.15. The van der Waals surface area contributed by atoms with Gasteiger partial charge in [0.15, 0.2) is 0 Å². The lowest BCUT2D eigenvalue weighted by Gasteiger charge is -2.37. The number of nitrogen functional groups attached to an aromatic ring is 1. The maximum absolute atomic E-state index is 14.4. The second-order valence-electron chi connectivity index (χ2n) is 8.05. The molecule has 6 heteroatoms. The molecule has 1 aromatic carbocycles. The number of pyridine rings is 2. The average Bonchev–Trinajstić information content (AvgIpc) is 2.77. The van der Waals surface area contributed by atoms with Gasteiger partial charge in [0.2, 0.25) is 11.8 Å². The zero-order valence-corrected chi connectivity index (χ0v) is 17.3. The summed E-state index contributed by atoms with van der Waals surface area (Å²) in [6, 6.07) is 15.2. The van der Waals surface area contributed by atoms with Crippen molar-refractivity contribution >= 4 is 5.69 Å². The van der Waals surface area contributed by atoms with Gasteiger partial charge in [0.1, 0.15) is 17.6 Å². The summed E-state index contributed by atoms with van der Waals surface area (Å²) in [7, 11) is 1.48. The molecular formula is C24H26FN3O2. The van der Waals surface area contributed by atoms with E-state index in [2.05, 4.69) is 41.2 Å². The maximum atomic E-state index is 14.4. The molecule has 2 heterocycles. The molecule has 0 bridgehead atoms. The molecule has 3 aromatic rings. The monoisotopic (exact) mass is 407 g/mol. The van der Waals surface area contributed by atoms with E-state index in [1.807, 2.05) is 6.07 Å². The molecule has 1 aliphatic rings. The van der Waals surface area contributed by atoms with Crippen LogP contribution in [0.2, 0.25) is 0 Å². The topological polar surface area (TPSA) is 70.3 Å². The minimum absolute atomic E-state index is 0.0617. The number of methoxy groups -OCH3 is 1. The largest absolute Gasteiger partial charge is 0.480 e. The Labute approximate surface area is 176 Å². The van der Waals surface area contributed by atoms with Gasteiger partial charge < -0.3 is 15.2 Å². The normalized spacial score (nSPS) is 21.2. The molecule has 0 unspecified atom stereocenters. The van der Waals surface area contributed by atoms with Crippen molar-refractivity contribution in [2.75, 3.05) is 12.8 Å². The van der Waals surface area contributed by atoms with Crippen LogP contribution in [0.15, 0.2) is 54.7 Å². The standard InChI is InChI=1S/C24H26FN3O2/c1-24(17-6-4-3-5-7-17)12-10-18(11-13-24)30-21-9-8-19(25)22(28-21)16-14-20(26)23(29-2)27-15-16/h3-9,14-15,18H,10-13,26H2,1-2H3. The fourth-order valence-corrected chi connectivity index (χ4v) is 4.11. The number of nitrogens with two attached hydrogens (primary N) is 1. The van der Waals surface area contributed by atoms with Gasteiger partial charge in [-0.15, -0.1) is 0 Å². The molecule has 0 aliphatic heterocycles. The molecule has 1 aliphatic carbocycles. The Morgan fingerprint density at radius 3 is 2.50 bits per heavy atom. The van der Waals surface area contributed by atoms with Crippen molar-refractivity contribution in [3.05, 3.63) is 66.1 Å². The minimum atomic E-state index is -0.450. The van der Waals surface area contributed by atoms with Crippen LogP contribution in [0.5, 0.6) is 11.8 Å². The van der Waals surface area contributed by atoms with E-state index < -0.39 is 5.82 Å². The Bertz CT molecular complexity index is 1020. The van der Waals surface area contributed by atoms with Crippen molar-refractivity contribution in [3.63, 3.8) is 0 Å². The Morgan fingerprint density at radius 1 is 1.10 bits per heavy atom. The maximum Gasteiger partial charge on any atom is 0.236 e. The summed E-state index contributed by atoms with van der Waals surface area (Å²) in [6.07, 6.45) is 5.49. The van der Waals surface area contributed by atoms with Gasteiger partial charge in [-0.2, -0.15) is 0 Å². The summed E-state index contributed by atoms with van der Waals surface area (Å²) in [4.78, 5) is 8.50. The molecule has 2 aromatic heterocycles. The number of nitrogens with zero attached hydrogens (tertiary/aromatic N) is 2. The van der Waals surface area contributed by atoms with Crippen LogP contribution in [-0.4, -0.2) is 23.2 Å². The summed E-state index contributed by atoms with van der Waals surface area (Å²) in [5.74, 6) is 0.262. The number of aromatic nitrogens is 2. The molecule has 1 fully saturated rings. The SMILES string of the molecule is COc1ncc(-c2nc(OC3CCC(C)(c4ccccc4)CC3)ccc2F)cc1N. The molecule has 5 nitrogen and oxygen atoms in total. The third-order valence-electron chi connectivity index (χ3n) is 5.96. The van der Waals surface area contributed by atoms with E-state index in [0.29, 0.717) is 23.0 Å². The van der Waals surface area contributed by atoms with Crippen LogP contribution >= 0.6 is 0 Å². The van der Waals surface area contributed by atoms with Crippen LogP contribution in [0.1, 0.15) is 38.2 Å². The highest BCUT2D eigenvalue weighted by atomic mass is 19.1. The van der Waals surface area contributed by atoms with Crippen LogP contribution in [0.25, 0.3) is 11.3 Å². The number of halogens is 1. The van der Waals surface area contributed by atoms with Crippen LogP contribution in [-0.2, 0) is 5.41 Å². The van der Waals surface area contributed by atoms with Crippen molar-refractivity contribution < 1.29 is 13.9 Å². The van der Waals surface area contributed by atoms with Gasteiger partial charge in [0.25, 0.3) is 0 Å². The molecule has 0 amide bonds. The summed E-state index contributed by atoms with van der Waals surface area (Å²) in [5.41, 5.74) is 8.42. The highest BCUT2D eigenvalue weighted by Crippen LogP contribution is 2.40. The second-order valence-corrected chi connectivity index (χ2v) is 8.05. The van der Waals surface area contributed by atoms with E-state index in [1.54, 1.807) is 12.1 Å². The number of rotatable bonds is 5. The lowest BCUT2D eigenvalue weighted by Crippen LogP contribution is -2.33. The van der Waals surface area contributed by atoms with Gasteiger partial charge in [0, 0.05) is 17.8 Å². The molecule has 0 saturated heterocycles. The number of anilines is 1. The van der Waals surface area contributed by atoms with Crippen molar-refractivity contribution in [3.8, 4) is 23.0 Å². The van der Waals surface area contributed by atoms with Gasteiger partial charge in [-0.05, 0) is 48.8 Å². The highest BCUT2D eigenvalue weighted by Gasteiger charge is 2.33. The molecule has 1 saturated carbocycles. The summed E-state index contributed by atoms with van der Waals surface area (Å²) in [5, 5.41) is 0. The fraction of sp³-hybridized carbons (Fsp3) is 0.333. The van der Waals surface area contributed by atoms with E-state index in [0.717, 1.165) is 25.7 Å². The fourth-order valence-electron chi connectivity index (χ4n) is 4.11. The van der Waals surface area contributed by atoms with Crippen LogP contribution < -0.4 is 15.2 Å². The van der Waals surface area contributed by atoms with Crippen LogP contribution in [0.4, 0.5) is 10.1 Å². The predicted octanol–water partition coefficient (Wildman–Crippen LogP) is 5.15. The Balaban J connectivity index is 1.47. The van der Waals surface area contributed by atoms with E-state index in [1.165, 1.54) is 24.9 Å². The zero-order chi connectivity index (χ0) is 21.1. The molecular weight excluding hydrogens is 381 g/mol. The first kappa shape index (κ1) is 20.1. The van der Waals surface area contributed by atoms with Gasteiger partial charge in [-0.3, -0.25) is 0 Å². The van der Waals surface area contributed by atoms with Gasteiger partial charge in [-0.25, -0.2) is 14.4 Å². The summed E-state index contributed by atoms with van der Waals surface area (Å²) < 4.78 is 25.6. The Kier molecular flexibility index (Phi) is 5.57. The molecule has 4 rings (SSSR count). The Morgan fingerprint density at radius 2 is 1.83 bits per heavy atom. The zero-order valence-electron chi connectivity index (χ0n) is 17.3. The second kappa shape index (κ2) is 8.30. The highest BCUT2D eigenvalue weighted by molar-refractivity contribution is 5.66. The third kappa shape index (κ3) is 4.08. The van der Waals surface area contributed by atoms with Crippen LogP contribution in [0.3, 0.4) is 0 Å². The first-order valence-electron chi connectivity index (χ1n) is 10.2. The van der Waals surface area contributed by atoms with Crippen molar-refractivity contribution in [1.29, 1.82) is 0 Å². The summed E-state index contributed by atoms with van der Waals surface area (Å²) in [6.45, 7) is 2.31. The smallest absolute Gasteiger partial charge is 0.236 e. The molecule has 0 spiro atoms. The first-order chi connectivity index (χ1) is 14.5. The average molecular weight is 407 g/mol. The molecule has 30 heavy (non-hydrogen) atoms. The van der Waals surface area contributed by atoms with E-state index >= 15 is 0 Å². The minimum Gasteiger partial charge on any atom is -0.480 e. The lowest BCUT2D eigenvalue weighted by molar-refractivity contribution is 0.117. The number of hydrogen-bond donors (Lipinski definition) is 1. The third-order valence-corrected chi connectivity index (χ3v) is 5.96. The predicted molar refractivity (Wildman–Crippen MR) is 115 cm³/mol. The summed E-state index contributed by atoms with van der Waals surface area (Å²) >= 11 is 0. The van der Waals surface area contributed by atoms with Crippen molar-refractivity contribution in [2.45, 2.75) is 44.1 Å². The van der Waals surface area contributed by atoms with Crippen molar-refractivity contribution in [2.24, 2.45) is 0 Å².